The first kappa shape index (κ1) is 16.5. The molecule has 0 atom stereocenters. The van der Waals surface area contributed by atoms with Crippen molar-refractivity contribution >= 4 is 0 Å². The standard InChI is InChI=1S/C20H33N/c1-6-21(19-13-7-16(2)8-14-19)15-17-9-11-18(12-10-17)20(3,4)5/h9-12,16,19H,6-8,13-15H2,1-5H3/t16-,19+. The molecule has 0 spiro atoms. The molecule has 1 aliphatic carbocycles. The molecule has 2 rings (SSSR count). The highest BCUT2D eigenvalue weighted by molar-refractivity contribution is 5.27. The molecule has 0 radical (unpaired) electrons. The van der Waals surface area contributed by atoms with Crippen molar-refractivity contribution in [1.82, 2.24) is 4.90 Å². The first-order valence-electron chi connectivity index (χ1n) is 8.73. The van der Waals surface area contributed by atoms with E-state index in [-0.39, 0.29) is 5.41 Å². The van der Waals surface area contributed by atoms with Gasteiger partial charge < -0.3 is 0 Å². The van der Waals surface area contributed by atoms with Crippen LogP contribution in [-0.4, -0.2) is 17.5 Å². The van der Waals surface area contributed by atoms with E-state index in [1.165, 1.54) is 43.4 Å². The van der Waals surface area contributed by atoms with Crippen LogP contribution in [0.4, 0.5) is 0 Å². The summed E-state index contributed by atoms with van der Waals surface area (Å²) < 4.78 is 0. The fraction of sp³-hybridized carbons (Fsp3) is 0.700. The van der Waals surface area contributed by atoms with E-state index in [1.54, 1.807) is 0 Å². The lowest BCUT2D eigenvalue weighted by Gasteiger charge is -2.35. The topological polar surface area (TPSA) is 3.24 Å². The summed E-state index contributed by atoms with van der Waals surface area (Å²) in [7, 11) is 0. The Morgan fingerprint density at radius 3 is 2.05 bits per heavy atom. The quantitative estimate of drug-likeness (QED) is 0.718. The molecule has 1 aliphatic rings. The maximum absolute atomic E-state index is 2.68. The SMILES string of the molecule is CCN(Cc1ccc(C(C)(C)C)cc1)[C@H]1CC[C@@H](C)CC1. The Morgan fingerprint density at radius 2 is 1.57 bits per heavy atom. The Bertz CT molecular complexity index is 418. The van der Waals surface area contributed by atoms with Gasteiger partial charge in [0, 0.05) is 12.6 Å². The van der Waals surface area contributed by atoms with E-state index in [0.29, 0.717) is 0 Å². The van der Waals surface area contributed by atoms with E-state index in [9.17, 15) is 0 Å². The minimum Gasteiger partial charge on any atom is -0.296 e. The predicted octanol–water partition coefficient (Wildman–Crippen LogP) is 5.38. The fourth-order valence-corrected chi connectivity index (χ4v) is 3.45. The van der Waals surface area contributed by atoms with Crippen molar-refractivity contribution < 1.29 is 0 Å². The molecule has 0 bridgehead atoms. The third-order valence-corrected chi connectivity index (χ3v) is 5.11. The van der Waals surface area contributed by atoms with Gasteiger partial charge in [0.05, 0.1) is 0 Å². The van der Waals surface area contributed by atoms with Crippen LogP contribution in [-0.2, 0) is 12.0 Å². The molecule has 21 heavy (non-hydrogen) atoms. The van der Waals surface area contributed by atoms with Gasteiger partial charge in [-0.15, -0.1) is 0 Å². The molecule has 0 aromatic heterocycles. The van der Waals surface area contributed by atoms with Crippen LogP contribution in [0.2, 0.25) is 0 Å². The minimum atomic E-state index is 0.252. The van der Waals surface area contributed by atoms with Crippen molar-refractivity contribution in [3.63, 3.8) is 0 Å². The van der Waals surface area contributed by atoms with Crippen LogP contribution in [0.1, 0.15) is 71.4 Å². The van der Waals surface area contributed by atoms with Gasteiger partial charge in [-0.3, -0.25) is 4.90 Å². The van der Waals surface area contributed by atoms with Crippen molar-refractivity contribution in [3.8, 4) is 0 Å². The largest absolute Gasteiger partial charge is 0.296 e. The van der Waals surface area contributed by atoms with Gasteiger partial charge in [-0.2, -0.15) is 0 Å². The molecule has 0 saturated heterocycles. The first-order chi connectivity index (χ1) is 9.90. The van der Waals surface area contributed by atoms with Crippen LogP contribution in [0, 0.1) is 5.92 Å². The highest BCUT2D eigenvalue weighted by Gasteiger charge is 2.23. The smallest absolute Gasteiger partial charge is 0.0236 e. The highest BCUT2D eigenvalue weighted by atomic mass is 15.1. The van der Waals surface area contributed by atoms with Crippen molar-refractivity contribution in [1.29, 1.82) is 0 Å². The maximum atomic E-state index is 2.68. The van der Waals surface area contributed by atoms with Crippen LogP contribution in [0.25, 0.3) is 0 Å². The zero-order valence-corrected chi connectivity index (χ0v) is 14.7. The third kappa shape index (κ3) is 4.57. The van der Waals surface area contributed by atoms with Crippen LogP contribution in [0.5, 0.6) is 0 Å². The molecule has 1 saturated carbocycles. The second kappa shape index (κ2) is 6.96. The predicted molar refractivity (Wildman–Crippen MR) is 92.6 cm³/mol. The second-order valence-electron chi connectivity index (χ2n) is 7.92. The Hall–Kier alpha value is -0.820. The zero-order chi connectivity index (χ0) is 15.5. The van der Waals surface area contributed by atoms with E-state index < -0.39 is 0 Å². The summed E-state index contributed by atoms with van der Waals surface area (Å²) in [5, 5.41) is 0. The average Bonchev–Trinajstić information content (AvgIpc) is 2.45. The van der Waals surface area contributed by atoms with Gasteiger partial charge in [-0.25, -0.2) is 0 Å². The monoisotopic (exact) mass is 287 g/mol. The highest BCUT2D eigenvalue weighted by Crippen LogP contribution is 2.28. The molecular formula is C20H33N. The summed E-state index contributed by atoms with van der Waals surface area (Å²) in [6, 6.07) is 10.1. The number of benzene rings is 1. The van der Waals surface area contributed by atoms with Gasteiger partial charge in [-0.1, -0.05) is 58.9 Å². The Balaban J connectivity index is 1.98. The van der Waals surface area contributed by atoms with Gasteiger partial charge in [0.1, 0.15) is 0 Å². The van der Waals surface area contributed by atoms with E-state index in [4.69, 9.17) is 0 Å². The van der Waals surface area contributed by atoms with Gasteiger partial charge >= 0.3 is 0 Å². The molecule has 0 N–H and O–H groups in total. The summed E-state index contributed by atoms with van der Waals surface area (Å²) in [6.45, 7) is 13.8. The van der Waals surface area contributed by atoms with Crippen LogP contribution in [0.15, 0.2) is 24.3 Å². The van der Waals surface area contributed by atoms with Crippen molar-refractivity contribution in [3.05, 3.63) is 35.4 Å². The summed E-state index contributed by atoms with van der Waals surface area (Å²) >= 11 is 0. The summed E-state index contributed by atoms with van der Waals surface area (Å²) in [5.74, 6) is 0.936. The number of hydrogen-bond acceptors (Lipinski definition) is 1. The van der Waals surface area contributed by atoms with E-state index in [1.807, 2.05) is 0 Å². The molecule has 0 aliphatic heterocycles. The summed E-state index contributed by atoms with van der Waals surface area (Å²) in [6.07, 6.45) is 5.58. The molecule has 118 valence electrons. The number of nitrogens with zero attached hydrogens (tertiary/aromatic N) is 1. The van der Waals surface area contributed by atoms with Crippen molar-refractivity contribution in [2.24, 2.45) is 5.92 Å². The van der Waals surface area contributed by atoms with Crippen molar-refractivity contribution in [2.45, 2.75) is 78.3 Å². The fourth-order valence-electron chi connectivity index (χ4n) is 3.45. The van der Waals surface area contributed by atoms with E-state index in [2.05, 4.69) is 63.8 Å². The lowest BCUT2D eigenvalue weighted by molar-refractivity contribution is 0.139. The molecule has 1 aromatic carbocycles. The average molecular weight is 287 g/mol. The minimum absolute atomic E-state index is 0.252. The van der Waals surface area contributed by atoms with Gasteiger partial charge in [0.15, 0.2) is 0 Å². The maximum Gasteiger partial charge on any atom is 0.0236 e. The van der Waals surface area contributed by atoms with Gasteiger partial charge in [0.25, 0.3) is 0 Å². The van der Waals surface area contributed by atoms with Gasteiger partial charge in [-0.05, 0) is 54.7 Å². The number of hydrogen-bond donors (Lipinski definition) is 0. The van der Waals surface area contributed by atoms with Crippen LogP contribution in [0.3, 0.4) is 0 Å². The molecule has 1 fully saturated rings. The lowest BCUT2D eigenvalue weighted by atomic mass is 9.86. The molecule has 0 unspecified atom stereocenters. The van der Waals surface area contributed by atoms with Gasteiger partial charge in [0.2, 0.25) is 0 Å². The molecule has 0 amide bonds. The zero-order valence-electron chi connectivity index (χ0n) is 14.7. The first-order valence-corrected chi connectivity index (χ1v) is 8.73. The Kier molecular flexibility index (Phi) is 5.48. The lowest BCUT2D eigenvalue weighted by Crippen LogP contribution is -2.37. The third-order valence-electron chi connectivity index (χ3n) is 5.11. The van der Waals surface area contributed by atoms with Crippen LogP contribution >= 0.6 is 0 Å². The number of rotatable bonds is 4. The molecule has 1 aromatic rings. The van der Waals surface area contributed by atoms with E-state index >= 15 is 0 Å². The van der Waals surface area contributed by atoms with E-state index in [0.717, 1.165) is 18.5 Å². The summed E-state index contributed by atoms with van der Waals surface area (Å²) in [4.78, 5) is 2.68. The molecule has 0 heterocycles. The second-order valence-corrected chi connectivity index (χ2v) is 7.92. The normalized spacial score (nSPS) is 23.5. The Labute approximate surface area is 131 Å². The Morgan fingerprint density at radius 1 is 1.00 bits per heavy atom. The molecule has 1 heteroatoms. The van der Waals surface area contributed by atoms with Crippen LogP contribution < -0.4 is 0 Å². The van der Waals surface area contributed by atoms with Crippen molar-refractivity contribution in [2.75, 3.05) is 6.54 Å². The molecular weight excluding hydrogens is 254 g/mol. The molecule has 1 nitrogen and oxygen atoms in total. The summed E-state index contributed by atoms with van der Waals surface area (Å²) in [5.41, 5.74) is 3.15.